The largest absolute Gasteiger partial charge is 0.453 e. The van der Waals surface area contributed by atoms with Crippen molar-refractivity contribution in [3.8, 4) is 23.3 Å². The molecular weight excluding hydrogens is 873 g/mol. The smallest absolute Gasteiger partial charge is 0.301 e. The second kappa shape index (κ2) is 17.2. The number of fused-ring (bicyclic) bond motifs is 2. The monoisotopic (exact) mass is 917 g/mol. The van der Waals surface area contributed by atoms with Crippen molar-refractivity contribution in [3.05, 3.63) is 118 Å². The number of carbonyl (C=O) groups is 3. The van der Waals surface area contributed by atoms with Crippen LogP contribution in [0.1, 0.15) is 65.1 Å². The molecule has 5 aromatic rings. The lowest BCUT2D eigenvalue weighted by molar-refractivity contribution is -0.136. The van der Waals surface area contributed by atoms with Crippen molar-refractivity contribution in [3.63, 3.8) is 0 Å². The fraction of sp³-hybridized carbons (Fsp3) is 0.362. The minimum Gasteiger partial charge on any atom is -0.453 e. The fourth-order valence-corrected chi connectivity index (χ4v) is 11.1. The zero-order valence-electron chi connectivity index (χ0n) is 35.7. The summed E-state index contributed by atoms with van der Waals surface area (Å²) >= 11 is 0. The van der Waals surface area contributed by atoms with Crippen molar-refractivity contribution in [1.82, 2.24) is 29.0 Å². The van der Waals surface area contributed by atoms with Crippen LogP contribution >= 0.6 is 0 Å². The van der Waals surface area contributed by atoms with E-state index in [4.69, 9.17) is 4.74 Å². The highest BCUT2D eigenvalue weighted by Gasteiger charge is 2.40. The number of hydrogen-bond donors (Lipinski definition) is 2. The van der Waals surface area contributed by atoms with Gasteiger partial charge in [0.2, 0.25) is 11.8 Å². The second-order valence-corrected chi connectivity index (χ2v) is 19.3. The number of anilines is 2. The van der Waals surface area contributed by atoms with Crippen molar-refractivity contribution in [2.45, 2.75) is 56.8 Å². The molecule has 0 bridgehead atoms. The molecule has 4 saturated heterocycles. The number of hydrogen-bond acceptors (Lipinski definition) is 11. The number of alkyl halides is 1. The number of rotatable bonds is 11. The third-order valence-corrected chi connectivity index (χ3v) is 14.9. The van der Waals surface area contributed by atoms with Crippen LogP contribution in [0.15, 0.2) is 83.9 Å². The van der Waals surface area contributed by atoms with Gasteiger partial charge in [-0.05, 0) is 103 Å². The Hall–Kier alpha value is -6.75. The molecule has 6 heterocycles. The van der Waals surface area contributed by atoms with Crippen LogP contribution in [0.4, 0.5) is 20.2 Å². The summed E-state index contributed by atoms with van der Waals surface area (Å²) in [5, 5.41) is 12.5. The van der Waals surface area contributed by atoms with E-state index < -0.39 is 51.0 Å². The number of nitrogens with zero attached hydrogens (tertiary/aromatic N) is 7. The van der Waals surface area contributed by atoms with E-state index in [1.165, 1.54) is 34.7 Å². The predicted molar refractivity (Wildman–Crippen MR) is 239 cm³/mol. The molecule has 340 valence electrons. The Morgan fingerprint density at radius 2 is 1.67 bits per heavy atom. The highest BCUT2D eigenvalue weighted by molar-refractivity contribution is 7.90. The molecule has 2 atom stereocenters. The maximum atomic E-state index is 15.2. The van der Waals surface area contributed by atoms with E-state index in [2.05, 4.69) is 30.9 Å². The Morgan fingerprint density at radius 1 is 0.894 bits per heavy atom. The van der Waals surface area contributed by atoms with Gasteiger partial charge in [0.1, 0.15) is 35.9 Å². The number of benzene rings is 4. The van der Waals surface area contributed by atoms with Gasteiger partial charge in [0.15, 0.2) is 11.6 Å². The molecular formula is C47H45F2N9O7S. The SMILES string of the molecule is N#Cc1c(NS(=O)(=O)N2CC[C@@H](F)C2)ccc(F)c1Oc1ccc2ncn(-c3ccc(N4CCC(CN5CC(c6ccc7c(c6)CN([C@@H]6CCC(=O)NC6=O)C7=O)C5)CC4)cc3)c(=O)c2c1. The lowest BCUT2D eigenvalue weighted by Crippen LogP contribution is -2.52. The number of piperidine rings is 2. The van der Waals surface area contributed by atoms with E-state index in [0.29, 0.717) is 41.6 Å². The van der Waals surface area contributed by atoms with Gasteiger partial charge >= 0.3 is 10.2 Å². The zero-order valence-corrected chi connectivity index (χ0v) is 36.5. The van der Waals surface area contributed by atoms with Crippen LogP contribution in [0, 0.1) is 23.1 Å². The quantitative estimate of drug-likeness (QED) is 0.170. The summed E-state index contributed by atoms with van der Waals surface area (Å²) in [6.45, 7) is 4.71. The highest BCUT2D eigenvalue weighted by Crippen LogP contribution is 2.37. The molecule has 2 N–H and O–H groups in total. The van der Waals surface area contributed by atoms with E-state index >= 15 is 4.39 Å². The van der Waals surface area contributed by atoms with Crippen LogP contribution in [-0.4, -0.2) is 108 Å². The molecule has 0 unspecified atom stereocenters. The first-order valence-corrected chi connectivity index (χ1v) is 23.4. The van der Waals surface area contributed by atoms with Crippen molar-refractivity contribution in [2.75, 3.05) is 55.4 Å². The van der Waals surface area contributed by atoms with E-state index in [-0.39, 0.29) is 54.6 Å². The van der Waals surface area contributed by atoms with Crippen LogP contribution in [-0.2, 0) is 26.3 Å². The van der Waals surface area contributed by atoms with Gasteiger partial charge in [-0.3, -0.25) is 33.8 Å². The van der Waals surface area contributed by atoms with E-state index in [1.54, 1.807) is 11.0 Å². The van der Waals surface area contributed by atoms with Crippen LogP contribution in [0.5, 0.6) is 11.5 Å². The number of likely N-dealkylation sites (tertiary alicyclic amines) is 1. The molecule has 0 spiro atoms. The maximum Gasteiger partial charge on any atom is 0.301 e. The van der Waals surface area contributed by atoms with Crippen LogP contribution in [0.3, 0.4) is 0 Å². The molecule has 66 heavy (non-hydrogen) atoms. The molecule has 19 heteroatoms. The third-order valence-electron chi connectivity index (χ3n) is 13.4. The number of amides is 3. The molecule has 0 radical (unpaired) electrons. The summed E-state index contributed by atoms with van der Waals surface area (Å²) in [7, 11) is -4.24. The Kier molecular flexibility index (Phi) is 11.3. The van der Waals surface area contributed by atoms with Crippen molar-refractivity contribution in [1.29, 1.82) is 5.26 Å². The first-order chi connectivity index (χ1) is 31.8. The summed E-state index contributed by atoms with van der Waals surface area (Å²) in [4.78, 5) is 61.9. The first kappa shape index (κ1) is 43.2. The second-order valence-electron chi connectivity index (χ2n) is 17.6. The number of halogens is 2. The molecule has 5 aliphatic rings. The van der Waals surface area contributed by atoms with Crippen LogP contribution in [0.2, 0.25) is 0 Å². The van der Waals surface area contributed by atoms with Gasteiger partial charge in [0, 0.05) is 75.9 Å². The van der Waals surface area contributed by atoms with Gasteiger partial charge in [-0.25, -0.2) is 13.8 Å². The number of ether oxygens (including phenoxy) is 1. The standard InChI is InChI=1S/C47H45F2N9O7S/c48-32-15-18-56(26-32)66(63,64)53-41-10-8-39(49)44(38(41)21-50)65-35-6-9-40-37(20-35)47(62)58(27-51-40)34-4-2-33(3-5-34)55-16-13-28(14-17-55)22-54-23-31(24-54)29-1-7-36-30(19-29)25-57(46(36)61)42-11-12-43(59)52-45(42)60/h1-10,19-20,27-28,31-32,42,53H,11-18,22-26H2,(H,52,59,60)/t32-,42-/m1/s1. The lowest BCUT2D eigenvalue weighted by atomic mass is 9.87. The van der Waals surface area contributed by atoms with E-state index in [1.807, 2.05) is 36.4 Å². The van der Waals surface area contributed by atoms with Gasteiger partial charge in [0.25, 0.3) is 11.5 Å². The van der Waals surface area contributed by atoms with Gasteiger partial charge in [-0.1, -0.05) is 12.1 Å². The number of nitriles is 1. The molecule has 0 saturated carbocycles. The summed E-state index contributed by atoms with van der Waals surface area (Å²) in [5.41, 5.74) is 3.67. The van der Waals surface area contributed by atoms with Crippen LogP contribution in [0.25, 0.3) is 16.6 Å². The highest BCUT2D eigenvalue weighted by atomic mass is 32.2. The maximum absolute atomic E-state index is 15.2. The van der Waals surface area contributed by atoms with Crippen molar-refractivity contribution < 1.29 is 36.3 Å². The Bertz CT molecular complexity index is 3000. The number of aromatic nitrogens is 2. The number of imide groups is 1. The fourth-order valence-electron chi connectivity index (χ4n) is 9.77. The summed E-state index contributed by atoms with van der Waals surface area (Å²) in [6, 6.07) is 21.3. The molecule has 10 rings (SSSR count). The third kappa shape index (κ3) is 8.24. The molecule has 16 nitrogen and oxygen atoms in total. The van der Waals surface area contributed by atoms with E-state index in [0.717, 1.165) is 73.3 Å². The molecule has 1 aromatic heterocycles. The first-order valence-electron chi connectivity index (χ1n) is 22.0. The van der Waals surface area contributed by atoms with E-state index in [9.17, 15) is 37.2 Å². The lowest BCUT2D eigenvalue weighted by Gasteiger charge is -2.43. The van der Waals surface area contributed by atoms with Crippen LogP contribution < -0.4 is 25.2 Å². The molecule has 4 fully saturated rings. The Balaban J connectivity index is 0.742. The molecule has 3 amide bonds. The molecule has 4 aromatic carbocycles. The Morgan fingerprint density at radius 3 is 2.39 bits per heavy atom. The number of carbonyl (C=O) groups excluding carboxylic acids is 3. The van der Waals surface area contributed by atoms with Gasteiger partial charge in [-0.15, -0.1) is 0 Å². The van der Waals surface area contributed by atoms with Gasteiger partial charge in [0.05, 0.1) is 22.3 Å². The minimum absolute atomic E-state index is 0.0152. The summed E-state index contributed by atoms with van der Waals surface area (Å²) in [5.74, 6) is -1.39. The average Bonchev–Trinajstić information content (AvgIpc) is 3.89. The van der Waals surface area contributed by atoms with Crippen molar-refractivity contribution in [2.24, 2.45) is 5.92 Å². The minimum atomic E-state index is -4.24. The molecule has 5 aliphatic heterocycles. The van der Waals surface area contributed by atoms with Gasteiger partial charge in [-0.2, -0.15) is 18.0 Å². The zero-order chi connectivity index (χ0) is 45.9. The molecule has 0 aliphatic carbocycles. The van der Waals surface area contributed by atoms with Crippen molar-refractivity contribution >= 4 is 50.2 Å². The average molecular weight is 918 g/mol. The topological polar surface area (TPSA) is 190 Å². The van der Waals surface area contributed by atoms with Gasteiger partial charge < -0.3 is 19.4 Å². The normalized spacial score (nSPS) is 20.9. The predicted octanol–water partition coefficient (Wildman–Crippen LogP) is 4.97. The summed E-state index contributed by atoms with van der Waals surface area (Å²) in [6.07, 6.45) is 2.82. The summed E-state index contributed by atoms with van der Waals surface area (Å²) < 4.78 is 65.1. The number of nitrogens with one attached hydrogen (secondary N) is 2. The Labute approximate surface area is 378 Å².